The average molecular weight is 271 g/mol. The fraction of sp³-hybridized carbons (Fsp3) is 0.750. The number of urea groups is 1. The highest BCUT2D eigenvalue weighted by atomic mass is 16.5. The molecule has 3 amide bonds. The van der Waals surface area contributed by atoms with Gasteiger partial charge in [-0.15, -0.1) is 0 Å². The number of rotatable bonds is 4. The third-order valence-electron chi connectivity index (χ3n) is 3.19. The van der Waals surface area contributed by atoms with Crippen molar-refractivity contribution in [2.75, 3.05) is 20.2 Å². The van der Waals surface area contributed by atoms with Crippen molar-refractivity contribution in [3.8, 4) is 0 Å². The third-order valence-corrected chi connectivity index (χ3v) is 3.19. The van der Waals surface area contributed by atoms with E-state index < -0.39 is 24.0 Å². The lowest BCUT2D eigenvalue weighted by Crippen LogP contribution is -2.52. The van der Waals surface area contributed by atoms with E-state index in [0.29, 0.717) is 19.6 Å². The number of carbonyl (C=O) groups is 3. The zero-order valence-corrected chi connectivity index (χ0v) is 11.6. The van der Waals surface area contributed by atoms with E-state index in [9.17, 15) is 14.4 Å². The number of carbonyl (C=O) groups excluding carboxylic acids is 3. The smallest absolute Gasteiger partial charge is 0.323 e. The highest BCUT2D eigenvalue weighted by molar-refractivity contribution is 5.97. The molecule has 1 heterocycles. The molecule has 0 spiro atoms. The number of likely N-dealkylation sites (tertiary alicyclic amines) is 1. The Hall–Kier alpha value is -1.63. The maximum Gasteiger partial charge on any atom is 0.323 e. The standard InChI is InChI=1S/C12H21N3O4/c1-4-19-11(17)9-6-5-7-15(9)8(2)10(16)14-12(18)13-3/h8-9H,4-7H2,1-3H3,(H2,13,14,16,18). The first-order valence-electron chi connectivity index (χ1n) is 6.46. The van der Waals surface area contributed by atoms with Crippen LogP contribution in [-0.2, 0) is 14.3 Å². The topological polar surface area (TPSA) is 87.7 Å². The molecule has 2 unspecified atom stereocenters. The predicted molar refractivity (Wildman–Crippen MR) is 68.4 cm³/mol. The summed E-state index contributed by atoms with van der Waals surface area (Å²) in [5, 5.41) is 4.53. The summed E-state index contributed by atoms with van der Waals surface area (Å²) in [6.45, 7) is 4.39. The third kappa shape index (κ3) is 3.92. The number of esters is 1. The van der Waals surface area contributed by atoms with E-state index in [4.69, 9.17) is 4.74 Å². The summed E-state index contributed by atoms with van der Waals surface area (Å²) in [5.41, 5.74) is 0. The van der Waals surface area contributed by atoms with Crippen LogP contribution in [0.25, 0.3) is 0 Å². The zero-order valence-electron chi connectivity index (χ0n) is 11.6. The van der Waals surface area contributed by atoms with E-state index in [0.717, 1.165) is 6.42 Å². The molecule has 0 saturated carbocycles. The lowest BCUT2D eigenvalue weighted by molar-refractivity contribution is -0.149. The molecular formula is C12H21N3O4. The highest BCUT2D eigenvalue weighted by Crippen LogP contribution is 2.21. The molecule has 19 heavy (non-hydrogen) atoms. The Kier molecular flexibility index (Phi) is 5.75. The van der Waals surface area contributed by atoms with Crippen LogP contribution in [0, 0.1) is 0 Å². The second-order valence-electron chi connectivity index (χ2n) is 4.39. The van der Waals surface area contributed by atoms with Gasteiger partial charge in [0.15, 0.2) is 0 Å². The summed E-state index contributed by atoms with van der Waals surface area (Å²) in [4.78, 5) is 36.5. The monoisotopic (exact) mass is 271 g/mol. The van der Waals surface area contributed by atoms with Crippen LogP contribution in [0.1, 0.15) is 26.7 Å². The minimum atomic E-state index is -0.552. The van der Waals surface area contributed by atoms with Crippen molar-refractivity contribution in [3.05, 3.63) is 0 Å². The Balaban J connectivity index is 2.64. The van der Waals surface area contributed by atoms with Gasteiger partial charge < -0.3 is 10.1 Å². The van der Waals surface area contributed by atoms with Crippen molar-refractivity contribution in [1.82, 2.24) is 15.5 Å². The predicted octanol–water partition coefficient (Wildman–Crippen LogP) is -0.142. The van der Waals surface area contributed by atoms with E-state index in [1.807, 2.05) is 0 Å². The number of hydrogen-bond donors (Lipinski definition) is 2. The summed E-state index contributed by atoms with van der Waals surface area (Å²) in [6.07, 6.45) is 1.51. The molecule has 0 aromatic rings. The Bertz CT molecular complexity index is 359. The minimum absolute atomic E-state index is 0.306. The van der Waals surface area contributed by atoms with Crippen LogP contribution in [-0.4, -0.2) is 55.1 Å². The van der Waals surface area contributed by atoms with E-state index in [1.54, 1.807) is 18.7 Å². The van der Waals surface area contributed by atoms with Crippen LogP contribution in [0.15, 0.2) is 0 Å². The Morgan fingerprint density at radius 2 is 2.11 bits per heavy atom. The number of imide groups is 1. The quantitative estimate of drug-likeness (QED) is 0.695. The number of hydrogen-bond acceptors (Lipinski definition) is 5. The van der Waals surface area contributed by atoms with Gasteiger partial charge in [0.25, 0.3) is 0 Å². The van der Waals surface area contributed by atoms with Gasteiger partial charge in [-0.1, -0.05) is 0 Å². The molecule has 7 heteroatoms. The summed E-state index contributed by atoms with van der Waals surface area (Å²) < 4.78 is 5.00. The summed E-state index contributed by atoms with van der Waals surface area (Å²) in [6, 6.07) is -1.50. The molecule has 0 aromatic carbocycles. The van der Waals surface area contributed by atoms with Crippen molar-refractivity contribution in [1.29, 1.82) is 0 Å². The first-order valence-corrected chi connectivity index (χ1v) is 6.46. The normalized spacial score (nSPS) is 20.7. The van der Waals surface area contributed by atoms with Crippen molar-refractivity contribution in [2.24, 2.45) is 0 Å². The van der Waals surface area contributed by atoms with Crippen molar-refractivity contribution >= 4 is 17.9 Å². The van der Waals surface area contributed by atoms with Crippen LogP contribution in [0.5, 0.6) is 0 Å². The fourth-order valence-corrected chi connectivity index (χ4v) is 2.17. The molecule has 1 fully saturated rings. The molecule has 2 atom stereocenters. The highest BCUT2D eigenvalue weighted by Gasteiger charge is 2.37. The molecule has 108 valence electrons. The van der Waals surface area contributed by atoms with Gasteiger partial charge in [-0.05, 0) is 33.2 Å². The van der Waals surface area contributed by atoms with Gasteiger partial charge in [-0.3, -0.25) is 19.8 Å². The lowest BCUT2D eigenvalue weighted by Gasteiger charge is -2.27. The first-order chi connectivity index (χ1) is 9.01. The molecule has 7 nitrogen and oxygen atoms in total. The molecule has 0 radical (unpaired) electrons. The van der Waals surface area contributed by atoms with E-state index >= 15 is 0 Å². The molecule has 1 saturated heterocycles. The Labute approximate surface area is 112 Å². The molecule has 1 rings (SSSR count). The van der Waals surface area contributed by atoms with Crippen molar-refractivity contribution < 1.29 is 19.1 Å². The number of ether oxygens (including phenoxy) is 1. The summed E-state index contributed by atoms with van der Waals surface area (Å²) in [7, 11) is 1.44. The number of amides is 3. The van der Waals surface area contributed by atoms with Gasteiger partial charge in [0.1, 0.15) is 6.04 Å². The average Bonchev–Trinajstić information content (AvgIpc) is 2.86. The Morgan fingerprint density at radius 3 is 2.68 bits per heavy atom. The van der Waals surface area contributed by atoms with E-state index in [-0.39, 0.29) is 5.97 Å². The molecule has 1 aliphatic rings. The van der Waals surface area contributed by atoms with E-state index in [1.165, 1.54) is 7.05 Å². The summed E-state index contributed by atoms with van der Waals surface area (Å²) >= 11 is 0. The van der Waals surface area contributed by atoms with Gasteiger partial charge >= 0.3 is 12.0 Å². The van der Waals surface area contributed by atoms with E-state index in [2.05, 4.69) is 10.6 Å². The SMILES string of the molecule is CCOC(=O)C1CCCN1C(C)C(=O)NC(=O)NC. The van der Waals surface area contributed by atoms with Crippen LogP contribution in [0.4, 0.5) is 4.79 Å². The number of nitrogens with zero attached hydrogens (tertiary/aromatic N) is 1. The van der Waals surface area contributed by atoms with Crippen LogP contribution in [0.3, 0.4) is 0 Å². The maximum atomic E-state index is 11.9. The maximum absolute atomic E-state index is 11.9. The second-order valence-corrected chi connectivity index (χ2v) is 4.39. The molecule has 0 aliphatic carbocycles. The largest absolute Gasteiger partial charge is 0.465 e. The molecular weight excluding hydrogens is 250 g/mol. The molecule has 0 bridgehead atoms. The molecule has 0 aromatic heterocycles. The first kappa shape index (κ1) is 15.4. The molecule has 1 aliphatic heterocycles. The zero-order chi connectivity index (χ0) is 14.4. The lowest BCUT2D eigenvalue weighted by atomic mass is 10.2. The Morgan fingerprint density at radius 1 is 1.42 bits per heavy atom. The summed E-state index contributed by atoms with van der Waals surface area (Å²) in [5.74, 6) is -0.727. The van der Waals surface area contributed by atoms with Gasteiger partial charge in [-0.25, -0.2) is 4.79 Å². The fourth-order valence-electron chi connectivity index (χ4n) is 2.17. The van der Waals surface area contributed by atoms with Crippen LogP contribution in [0.2, 0.25) is 0 Å². The van der Waals surface area contributed by atoms with Crippen molar-refractivity contribution in [2.45, 2.75) is 38.8 Å². The molecule has 2 N–H and O–H groups in total. The second kappa shape index (κ2) is 7.08. The van der Waals surface area contributed by atoms with Gasteiger partial charge in [-0.2, -0.15) is 0 Å². The number of nitrogens with one attached hydrogen (secondary N) is 2. The van der Waals surface area contributed by atoms with Crippen LogP contribution >= 0.6 is 0 Å². The van der Waals surface area contributed by atoms with Gasteiger partial charge in [0, 0.05) is 7.05 Å². The van der Waals surface area contributed by atoms with Crippen molar-refractivity contribution in [3.63, 3.8) is 0 Å². The van der Waals surface area contributed by atoms with Gasteiger partial charge in [0.2, 0.25) is 5.91 Å². The van der Waals surface area contributed by atoms with Crippen LogP contribution < -0.4 is 10.6 Å². The minimum Gasteiger partial charge on any atom is -0.465 e. The van der Waals surface area contributed by atoms with Gasteiger partial charge in [0.05, 0.1) is 12.6 Å².